The molecule has 2 aliphatic heterocycles. The van der Waals surface area contributed by atoms with E-state index in [0.717, 1.165) is 51.9 Å². The van der Waals surface area contributed by atoms with E-state index in [1.807, 2.05) is 15.9 Å². The average molecular weight is 386 g/mol. The van der Waals surface area contributed by atoms with Crippen molar-refractivity contribution in [2.24, 2.45) is 5.92 Å². The fourth-order valence-corrected chi connectivity index (χ4v) is 3.92. The summed E-state index contributed by atoms with van der Waals surface area (Å²) in [5, 5.41) is 0. The maximum absolute atomic E-state index is 12.7. The molecule has 152 valence electrons. The lowest BCUT2D eigenvalue weighted by atomic mass is 9.95. The molecule has 2 N–H and O–H groups in total. The molecule has 0 atom stereocenters. The minimum Gasteiger partial charge on any atom is -0.342 e. The molecule has 2 fully saturated rings. The van der Waals surface area contributed by atoms with Crippen LogP contribution in [-0.4, -0.2) is 60.2 Å². The van der Waals surface area contributed by atoms with Crippen molar-refractivity contribution >= 4 is 17.7 Å². The highest BCUT2D eigenvalue weighted by molar-refractivity contribution is 5.95. The molecule has 2 heterocycles. The number of carbonyl (C=O) groups is 3. The van der Waals surface area contributed by atoms with Crippen LogP contribution < -0.4 is 10.9 Å². The first kappa shape index (κ1) is 20.3. The monoisotopic (exact) mass is 386 g/mol. The van der Waals surface area contributed by atoms with Crippen LogP contribution in [0.2, 0.25) is 0 Å². The van der Waals surface area contributed by atoms with Crippen LogP contribution in [-0.2, 0) is 9.59 Å². The zero-order valence-electron chi connectivity index (χ0n) is 16.4. The van der Waals surface area contributed by atoms with Crippen LogP contribution in [0, 0.1) is 5.92 Å². The molecule has 0 radical (unpaired) electrons. The highest BCUT2D eigenvalue weighted by Crippen LogP contribution is 2.21. The van der Waals surface area contributed by atoms with Crippen LogP contribution in [0.4, 0.5) is 0 Å². The van der Waals surface area contributed by atoms with Crippen molar-refractivity contribution in [3.63, 3.8) is 0 Å². The fraction of sp³-hybridized carbons (Fsp3) is 0.571. The highest BCUT2D eigenvalue weighted by Gasteiger charge is 2.29. The Morgan fingerprint density at radius 2 is 1.50 bits per heavy atom. The van der Waals surface area contributed by atoms with Crippen LogP contribution in [0.5, 0.6) is 0 Å². The fourth-order valence-electron chi connectivity index (χ4n) is 3.92. The van der Waals surface area contributed by atoms with Gasteiger partial charge in [-0.2, -0.15) is 0 Å². The van der Waals surface area contributed by atoms with Crippen LogP contribution in [0.1, 0.15) is 48.9 Å². The first-order valence-electron chi connectivity index (χ1n) is 10.3. The second-order valence-electron chi connectivity index (χ2n) is 7.66. The largest absolute Gasteiger partial charge is 0.342 e. The van der Waals surface area contributed by atoms with Gasteiger partial charge < -0.3 is 4.90 Å². The second-order valence-corrected chi connectivity index (χ2v) is 7.66. The Kier molecular flexibility index (Phi) is 7.42. The van der Waals surface area contributed by atoms with Gasteiger partial charge in [0.25, 0.3) is 11.8 Å². The molecule has 0 saturated carbocycles. The number of hydrogen-bond acceptors (Lipinski definition) is 4. The van der Waals surface area contributed by atoms with Gasteiger partial charge in [-0.25, -0.2) is 0 Å². The number of hydrogen-bond donors (Lipinski definition) is 2. The molecular weight excluding hydrogens is 356 g/mol. The summed E-state index contributed by atoms with van der Waals surface area (Å²) >= 11 is 0. The first-order valence-corrected chi connectivity index (χ1v) is 10.3. The molecule has 3 rings (SSSR count). The molecule has 7 heteroatoms. The molecular formula is C21H30N4O3. The van der Waals surface area contributed by atoms with E-state index in [4.69, 9.17) is 0 Å². The molecule has 0 aliphatic carbocycles. The van der Waals surface area contributed by atoms with Crippen molar-refractivity contribution in [3.05, 3.63) is 35.9 Å². The first-order chi connectivity index (χ1) is 13.6. The minimum absolute atomic E-state index is 0.0789. The predicted octanol–water partition coefficient (Wildman–Crippen LogP) is 1.56. The van der Waals surface area contributed by atoms with Gasteiger partial charge in [-0.05, 0) is 50.9 Å². The highest BCUT2D eigenvalue weighted by atomic mass is 16.2. The van der Waals surface area contributed by atoms with Crippen molar-refractivity contribution in [1.29, 1.82) is 0 Å². The molecule has 2 saturated heterocycles. The number of hydrazine groups is 1. The molecule has 7 nitrogen and oxygen atoms in total. The van der Waals surface area contributed by atoms with Crippen LogP contribution in [0.15, 0.2) is 30.3 Å². The van der Waals surface area contributed by atoms with E-state index < -0.39 is 0 Å². The molecule has 0 spiro atoms. The van der Waals surface area contributed by atoms with Gasteiger partial charge in [0.2, 0.25) is 5.91 Å². The summed E-state index contributed by atoms with van der Waals surface area (Å²) < 4.78 is 0. The molecule has 1 aromatic rings. The number of amides is 3. The van der Waals surface area contributed by atoms with Gasteiger partial charge in [-0.1, -0.05) is 31.0 Å². The van der Waals surface area contributed by atoms with Crippen molar-refractivity contribution in [3.8, 4) is 0 Å². The maximum Gasteiger partial charge on any atom is 0.269 e. The van der Waals surface area contributed by atoms with E-state index in [-0.39, 0.29) is 24.3 Å². The van der Waals surface area contributed by atoms with Crippen LogP contribution in [0.25, 0.3) is 0 Å². The van der Waals surface area contributed by atoms with Crippen LogP contribution in [0.3, 0.4) is 0 Å². The Bertz CT molecular complexity index is 663. The van der Waals surface area contributed by atoms with Crippen molar-refractivity contribution in [2.45, 2.75) is 38.5 Å². The Balaban J connectivity index is 1.37. The van der Waals surface area contributed by atoms with E-state index in [9.17, 15) is 14.4 Å². The number of benzene rings is 1. The number of nitrogens with zero attached hydrogens (tertiary/aromatic N) is 2. The zero-order chi connectivity index (χ0) is 19.8. The summed E-state index contributed by atoms with van der Waals surface area (Å²) in [5.74, 6) is -0.214. The SMILES string of the molecule is O=C(CN1CCC(C(=O)N2CCCCCC2)CC1)NNC(=O)c1ccccc1. The summed E-state index contributed by atoms with van der Waals surface area (Å²) in [5.41, 5.74) is 5.40. The Morgan fingerprint density at radius 3 is 2.14 bits per heavy atom. The number of carbonyl (C=O) groups excluding carboxylic acids is 3. The predicted molar refractivity (Wildman–Crippen MR) is 106 cm³/mol. The van der Waals surface area contributed by atoms with Gasteiger partial charge in [0, 0.05) is 24.6 Å². The summed E-state index contributed by atoms with van der Waals surface area (Å²) in [6.07, 6.45) is 6.24. The van der Waals surface area contributed by atoms with Gasteiger partial charge in [0.1, 0.15) is 0 Å². The van der Waals surface area contributed by atoms with Gasteiger partial charge in [0.05, 0.1) is 6.54 Å². The third-order valence-electron chi connectivity index (χ3n) is 5.57. The quantitative estimate of drug-likeness (QED) is 0.770. The summed E-state index contributed by atoms with van der Waals surface area (Å²) in [7, 11) is 0. The maximum atomic E-state index is 12.7. The normalized spacial score (nSPS) is 18.9. The van der Waals surface area contributed by atoms with Gasteiger partial charge in [-0.3, -0.25) is 30.1 Å². The van der Waals surface area contributed by atoms with E-state index in [2.05, 4.69) is 10.9 Å². The third-order valence-corrected chi connectivity index (χ3v) is 5.57. The standard InChI is InChI=1S/C21H30N4O3/c26-19(22-23-20(27)17-8-4-3-5-9-17)16-24-14-10-18(11-15-24)21(28)25-12-6-1-2-7-13-25/h3-5,8-9,18H,1-2,6-7,10-16H2,(H,22,26)(H,23,27). The van der Waals surface area contributed by atoms with Crippen molar-refractivity contribution in [1.82, 2.24) is 20.7 Å². The number of likely N-dealkylation sites (tertiary alicyclic amines) is 2. The number of rotatable bonds is 4. The van der Waals surface area contributed by atoms with Gasteiger partial charge in [-0.15, -0.1) is 0 Å². The van der Waals surface area contributed by atoms with Gasteiger partial charge in [0.15, 0.2) is 0 Å². The zero-order valence-corrected chi connectivity index (χ0v) is 16.4. The second kappa shape index (κ2) is 10.2. The topological polar surface area (TPSA) is 81.8 Å². The summed E-state index contributed by atoms with van der Waals surface area (Å²) in [6, 6.07) is 8.75. The Hall–Kier alpha value is -2.41. The Labute approximate surface area is 166 Å². The van der Waals surface area contributed by atoms with Crippen molar-refractivity contribution < 1.29 is 14.4 Å². The molecule has 2 aliphatic rings. The van der Waals surface area contributed by atoms with E-state index in [1.54, 1.807) is 24.3 Å². The lowest BCUT2D eigenvalue weighted by Crippen LogP contribution is -2.49. The minimum atomic E-state index is -0.337. The van der Waals surface area contributed by atoms with Crippen LogP contribution >= 0.6 is 0 Å². The van der Waals surface area contributed by atoms with E-state index in [1.165, 1.54) is 12.8 Å². The molecule has 1 aromatic carbocycles. The van der Waals surface area contributed by atoms with E-state index in [0.29, 0.717) is 11.5 Å². The lowest BCUT2D eigenvalue weighted by molar-refractivity contribution is -0.137. The third kappa shape index (κ3) is 5.79. The summed E-state index contributed by atoms with van der Waals surface area (Å²) in [6.45, 7) is 3.46. The molecule has 0 unspecified atom stereocenters. The number of nitrogens with one attached hydrogen (secondary N) is 2. The number of piperidine rings is 1. The van der Waals surface area contributed by atoms with Crippen molar-refractivity contribution in [2.75, 3.05) is 32.7 Å². The molecule has 0 aromatic heterocycles. The average Bonchev–Trinajstić information content (AvgIpc) is 3.02. The van der Waals surface area contributed by atoms with Gasteiger partial charge >= 0.3 is 0 Å². The smallest absolute Gasteiger partial charge is 0.269 e. The summed E-state index contributed by atoms with van der Waals surface area (Å²) in [4.78, 5) is 40.9. The molecule has 28 heavy (non-hydrogen) atoms. The molecule has 3 amide bonds. The molecule has 0 bridgehead atoms. The lowest BCUT2D eigenvalue weighted by Gasteiger charge is -2.33. The Morgan fingerprint density at radius 1 is 0.857 bits per heavy atom. The van der Waals surface area contributed by atoms with E-state index >= 15 is 0 Å².